The second kappa shape index (κ2) is 6.93. The van der Waals surface area contributed by atoms with E-state index in [1.54, 1.807) is 26.6 Å². The van der Waals surface area contributed by atoms with Crippen LogP contribution in [0.5, 0.6) is 0 Å². The van der Waals surface area contributed by atoms with E-state index in [1.807, 2.05) is 19.9 Å². The van der Waals surface area contributed by atoms with Crippen LogP contribution in [0, 0.1) is 11.3 Å². The predicted molar refractivity (Wildman–Crippen MR) is 82.4 cm³/mol. The summed E-state index contributed by atoms with van der Waals surface area (Å²) < 4.78 is 5.82. The Morgan fingerprint density at radius 2 is 1.89 bits per heavy atom. The molecule has 4 heteroatoms. The lowest BCUT2D eigenvalue weighted by atomic mass is 9.83. The van der Waals surface area contributed by atoms with Crippen LogP contribution >= 0.6 is 9.24 Å². The first-order valence-electron chi connectivity index (χ1n) is 5.85. The minimum absolute atomic E-state index is 0.0474. The monoisotopic (exact) mass is 262 g/mol. The van der Waals surface area contributed by atoms with E-state index in [2.05, 4.69) is 35.7 Å². The maximum atomic E-state index is 8.67. The summed E-state index contributed by atoms with van der Waals surface area (Å²) in [6.45, 7) is 13.8. The van der Waals surface area contributed by atoms with Crippen molar-refractivity contribution in [2.45, 2.75) is 45.4 Å². The highest BCUT2D eigenvalue weighted by atomic mass is 31.0. The summed E-state index contributed by atoms with van der Waals surface area (Å²) in [6.07, 6.45) is 5.26. The molecule has 97 valence electrons. The number of rotatable bonds is 6. The molecule has 0 aliphatic heterocycles. The van der Waals surface area contributed by atoms with E-state index in [-0.39, 0.29) is 10.8 Å². The molecular weight excluding hydrogens is 240 g/mol. The molecule has 0 aromatic carbocycles. The third-order valence-electron chi connectivity index (χ3n) is 2.98. The third-order valence-corrected chi connectivity index (χ3v) is 3.67. The van der Waals surface area contributed by atoms with E-state index in [4.69, 9.17) is 9.92 Å². The normalized spacial score (nSPS) is 14.1. The standard InChI is InChI=1S/C14H22BNOP/c1-7-12(9-8-11(2)10-16)15-17-13(3,4)14(5,6)18/h7-9H,1,18H2,2-6H3/b11-8+,12-9+. The van der Waals surface area contributed by atoms with Crippen LogP contribution in [0.2, 0.25) is 0 Å². The highest BCUT2D eigenvalue weighted by Gasteiger charge is 2.33. The molecule has 1 unspecified atom stereocenters. The van der Waals surface area contributed by atoms with Gasteiger partial charge in [0, 0.05) is 10.7 Å². The highest BCUT2D eigenvalue weighted by molar-refractivity contribution is 7.19. The summed E-state index contributed by atoms with van der Waals surface area (Å²) in [7, 11) is 4.47. The van der Waals surface area contributed by atoms with Crippen molar-refractivity contribution in [3.63, 3.8) is 0 Å². The van der Waals surface area contributed by atoms with Gasteiger partial charge in [0.2, 0.25) is 0 Å². The van der Waals surface area contributed by atoms with Gasteiger partial charge < -0.3 is 4.65 Å². The van der Waals surface area contributed by atoms with Gasteiger partial charge in [-0.25, -0.2) is 0 Å². The van der Waals surface area contributed by atoms with Crippen molar-refractivity contribution in [2.75, 3.05) is 0 Å². The van der Waals surface area contributed by atoms with Crippen LogP contribution in [-0.4, -0.2) is 18.2 Å². The minimum Gasteiger partial charge on any atom is -0.429 e. The second-order valence-corrected chi connectivity index (χ2v) is 6.74. The van der Waals surface area contributed by atoms with Crippen molar-refractivity contribution in [1.29, 1.82) is 5.26 Å². The summed E-state index contributed by atoms with van der Waals surface area (Å²) in [5.41, 5.74) is 1.17. The molecule has 0 saturated heterocycles. The molecule has 1 atom stereocenters. The SMILES string of the molecule is C=C/C([B]OC(C)(C)C(C)(C)P)=C\C=C(/C)C#N. The molecule has 0 aliphatic rings. The molecular formula is C14H22BNOP. The van der Waals surface area contributed by atoms with Gasteiger partial charge in [-0.15, -0.1) is 9.24 Å². The first kappa shape index (κ1) is 17.2. The molecule has 0 rings (SSSR count). The topological polar surface area (TPSA) is 33.0 Å². The Hall–Kier alpha value is -0.835. The quantitative estimate of drug-likeness (QED) is 0.317. The maximum absolute atomic E-state index is 8.67. The van der Waals surface area contributed by atoms with Gasteiger partial charge >= 0.3 is 7.48 Å². The van der Waals surface area contributed by atoms with E-state index in [0.717, 1.165) is 5.47 Å². The molecule has 0 aliphatic carbocycles. The largest absolute Gasteiger partial charge is 0.429 e. The molecule has 0 amide bonds. The molecule has 0 N–H and O–H groups in total. The van der Waals surface area contributed by atoms with Crippen LogP contribution in [0.1, 0.15) is 34.6 Å². The van der Waals surface area contributed by atoms with Gasteiger partial charge in [0.15, 0.2) is 0 Å². The Morgan fingerprint density at radius 1 is 1.33 bits per heavy atom. The lowest BCUT2D eigenvalue weighted by Crippen LogP contribution is -2.43. The minimum atomic E-state index is -0.312. The first-order chi connectivity index (χ1) is 8.14. The molecule has 0 aromatic heterocycles. The van der Waals surface area contributed by atoms with Gasteiger partial charge in [-0.1, -0.05) is 38.1 Å². The maximum Gasteiger partial charge on any atom is 0.330 e. The number of nitriles is 1. The molecule has 0 fully saturated rings. The van der Waals surface area contributed by atoms with Crippen molar-refractivity contribution in [1.82, 2.24) is 0 Å². The first-order valence-corrected chi connectivity index (χ1v) is 6.43. The van der Waals surface area contributed by atoms with Crippen LogP contribution in [0.15, 0.2) is 35.9 Å². The average Bonchev–Trinajstić information content (AvgIpc) is 2.27. The zero-order valence-corrected chi connectivity index (χ0v) is 13.1. The number of hydrogen-bond donors (Lipinski definition) is 0. The fourth-order valence-corrected chi connectivity index (χ4v) is 0.849. The molecule has 0 heterocycles. The summed E-state index contributed by atoms with van der Waals surface area (Å²) in [4.78, 5) is 0. The van der Waals surface area contributed by atoms with Gasteiger partial charge in [-0.05, 0) is 26.8 Å². The fourth-order valence-electron chi connectivity index (χ4n) is 0.781. The van der Waals surface area contributed by atoms with Crippen molar-refractivity contribution < 1.29 is 4.65 Å². The Morgan fingerprint density at radius 3 is 2.28 bits per heavy atom. The second-order valence-electron chi connectivity index (χ2n) is 5.30. The Balaban J connectivity index is 4.71. The predicted octanol–water partition coefficient (Wildman–Crippen LogP) is 3.59. The van der Waals surface area contributed by atoms with E-state index >= 15 is 0 Å². The van der Waals surface area contributed by atoms with Crippen LogP contribution in [0.25, 0.3) is 0 Å². The average molecular weight is 262 g/mol. The van der Waals surface area contributed by atoms with Gasteiger partial charge in [0.1, 0.15) is 0 Å². The number of hydrogen-bond acceptors (Lipinski definition) is 2. The molecule has 0 saturated carbocycles. The van der Waals surface area contributed by atoms with E-state index in [0.29, 0.717) is 5.57 Å². The Kier molecular flexibility index (Phi) is 6.61. The van der Waals surface area contributed by atoms with Crippen molar-refractivity contribution >= 4 is 16.7 Å². The number of nitrogens with zero attached hydrogens (tertiary/aromatic N) is 1. The van der Waals surface area contributed by atoms with Crippen LogP contribution in [-0.2, 0) is 4.65 Å². The van der Waals surface area contributed by atoms with Crippen molar-refractivity contribution in [3.8, 4) is 6.07 Å². The zero-order valence-electron chi connectivity index (χ0n) is 11.9. The summed E-state index contributed by atoms with van der Waals surface area (Å²) >= 11 is 0. The summed E-state index contributed by atoms with van der Waals surface area (Å²) in [6, 6.07) is 2.07. The van der Waals surface area contributed by atoms with Crippen LogP contribution < -0.4 is 0 Å². The van der Waals surface area contributed by atoms with Gasteiger partial charge in [0.05, 0.1) is 11.7 Å². The molecule has 0 bridgehead atoms. The van der Waals surface area contributed by atoms with E-state index in [1.165, 1.54) is 0 Å². The van der Waals surface area contributed by atoms with Crippen molar-refractivity contribution in [3.05, 3.63) is 35.9 Å². The lowest BCUT2D eigenvalue weighted by molar-refractivity contribution is 0.0833. The molecule has 1 radical (unpaired) electrons. The summed E-state index contributed by atoms with van der Waals surface area (Å²) in [5.74, 6) is 0. The van der Waals surface area contributed by atoms with Crippen LogP contribution in [0.3, 0.4) is 0 Å². The molecule has 18 heavy (non-hydrogen) atoms. The van der Waals surface area contributed by atoms with Crippen molar-refractivity contribution in [2.24, 2.45) is 0 Å². The lowest BCUT2D eigenvalue weighted by Gasteiger charge is -2.39. The highest BCUT2D eigenvalue weighted by Crippen LogP contribution is 2.33. The number of allylic oxidation sites excluding steroid dienone is 5. The van der Waals surface area contributed by atoms with Gasteiger partial charge in [-0.2, -0.15) is 5.26 Å². The van der Waals surface area contributed by atoms with E-state index < -0.39 is 0 Å². The van der Waals surface area contributed by atoms with Gasteiger partial charge in [0.25, 0.3) is 0 Å². The molecule has 0 spiro atoms. The fraction of sp³-hybridized carbons (Fsp3) is 0.500. The molecule has 0 aromatic rings. The smallest absolute Gasteiger partial charge is 0.330 e. The zero-order chi connectivity index (χ0) is 14.4. The molecule has 2 nitrogen and oxygen atoms in total. The van der Waals surface area contributed by atoms with Gasteiger partial charge in [-0.3, -0.25) is 0 Å². The Bertz CT molecular complexity index is 397. The Labute approximate surface area is 114 Å². The third kappa shape index (κ3) is 5.67. The van der Waals surface area contributed by atoms with E-state index in [9.17, 15) is 0 Å². The summed E-state index contributed by atoms with van der Waals surface area (Å²) in [5, 5.41) is 8.62. The van der Waals surface area contributed by atoms with Crippen LogP contribution in [0.4, 0.5) is 0 Å².